The van der Waals surface area contributed by atoms with Crippen LogP contribution in [0.1, 0.15) is 0 Å². The Hall–Kier alpha value is -1.74. The van der Waals surface area contributed by atoms with Crippen LogP contribution in [-0.4, -0.2) is 48.9 Å². The van der Waals surface area contributed by atoms with Gasteiger partial charge in [0.25, 0.3) is 5.91 Å². The van der Waals surface area contributed by atoms with Crippen LogP contribution < -0.4 is 5.32 Å². The maximum absolute atomic E-state index is 12.2. The molecule has 0 unspecified atom stereocenters. The fourth-order valence-electron chi connectivity index (χ4n) is 2.05. The van der Waals surface area contributed by atoms with Crippen molar-refractivity contribution < 1.29 is 4.79 Å². The highest BCUT2D eigenvalue weighted by molar-refractivity contribution is 6.36. The maximum Gasteiger partial charge on any atom is 0.267 e. The summed E-state index contributed by atoms with van der Waals surface area (Å²) in [7, 11) is 2.04. The molecule has 0 spiro atoms. The van der Waals surface area contributed by atoms with E-state index >= 15 is 0 Å². The lowest BCUT2D eigenvalue weighted by molar-refractivity contribution is -0.112. The quantitative estimate of drug-likeness (QED) is 0.679. The van der Waals surface area contributed by atoms with E-state index in [9.17, 15) is 10.1 Å². The second kappa shape index (κ2) is 7.50. The van der Waals surface area contributed by atoms with Crippen LogP contribution in [0.25, 0.3) is 0 Å². The average molecular weight is 339 g/mol. The first-order chi connectivity index (χ1) is 10.5. The second-order valence-corrected chi connectivity index (χ2v) is 5.92. The first-order valence-corrected chi connectivity index (χ1v) is 7.56. The number of likely N-dealkylation sites (N-methyl/N-ethyl adjacent to an activating group) is 1. The van der Waals surface area contributed by atoms with Gasteiger partial charge in [-0.05, 0) is 25.2 Å². The minimum absolute atomic E-state index is 0.0515. The van der Waals surface area contributed by atoms with Crippen LogP contribution in [0.15, 0.2) is 30.0 Å². The molecule has 1 fully saturated rings. The van der Waals surface area contributed by atoms with Gasteiger partial charge in [0.05, 0.1) is 10.7 Å². The van der Waals surface area contributed by atoms with Gasteiger partial charge in [0.1, 0.15) is 11.6 Å². The lowest BCUT2D eigenvalue weighted by atomic mass is 10.2. The van der Waals surface area contributed by atoms with E-state index in [1.165, 1.54) is 6.07 Å². The zero-order chi connectivity index (χ0) is 16.1. The van der Waals surface area contributed by atoms with Crippen molar-refractivity contribution in [2.45, 2.75) is 0 Å². The summed E-state index contributed by atoms with van der Waals surface area (Å²) in [4.78, 5) is 16.4. The number of hydrogen-bond acceptors (Lipinski definition) is 4. The minimum atomic E-state index is -0.481. The van der Waals surface area contributed by atoms with Crippen LogP contribution in [-0.2, 0) is 4.79 Å². The molecule has 1 aromatic carbocycles. The van der Waals surface area contributed by atoms with Crippen molar-refractivity contribution in [3.8, 4) is 6.07 Å². The summed E-state index contributed by atoms with van der Waals surface area (Å²) in [6, 6.07) is 6.70. The molecular formula is C15H16Cl2N4O. The first-order valence-electron chi connectivity index (χ1n) is 6.80. The molecule has 1 saturated heterocycles. The molecule has 0 bridgehead atoms. The molecular weight excluding hydrogens is 323 g/mol. The monoisotopic (exact) mass is 338 g/mol. The van der Waals surface area contributed by atoms with Crippen LogP contribution in [0.3, 0.4) is 0 Å². The van der Waals surface area contributed by atoms with Crippen molar-refractivity contribution in [3.63, 3.8) is 0 Å². The molecule has 1 aliphatic heterocycles. The average Bonchev–Trinajstić information content (AvgIpc) is 2.49. The fourth-order valence-corrected chi connectivity index (χ4v) is 2.51. The number of hydrogen-bond donors (Lipinski definition) is 1. The zero-order valence-corrected chi connectivity index (χ0v) is 13.7. The number of halogens is 2. The molecule has 1 aliphatic rings. The van der Waals surface area contributed by atoms with Crippen molar-refractivity contribution in [2.75, 3.05) is 38.5 Å². The predicted molar refractivity (Wildman–Crippen MR) is 87.9 cm³/mol. The number of carbonyl (C=O) groups excluding carboxylic acids is 1. The van der Waals surface area contributed by atoms with E-state index in [0.717, 1.165) is 26.2 Å². The third-order valence-corrected chi connectivity index (χ3v) is 3.94. The molecule has 5 nitrogen and oxygen atoms in total. The van der Waals surface area contributed by atoms with E-state index in [-0.39, 0.29) is 5.57 Å². The van der Waals surface area contributed by atoms with E-state index in [2.05, 4.69) is 10.2 Å². The minimum Gasteiger partial charge on any atom is -0.374 e. The Morgan fingerprint density at radius 1 is 1.32 bits per heavy atom. The Labute approximate surface area is 139 Å². The molecule has 0 saturated carbocycles. The number of nitrogens with zero attached hydrogens (tertiary/aromatic N) is 3. The second-order valence-electron chi connectivity index (χ2n) is 5.07. The van der Waals surface area contributed by atoms with E-state index in [1.54, 1.807) is 18.3 Å². The number of piperazine rings is 1. The Balaban J connectivity index is 2.07. The standard InChI is InChI=1S/C15H16Cl2N4O/c1-20-4-6-21(7-5-20)10-11(9-18)15(22)19-14-3-2-12(16)8-13(14)17/h2-3,8,10H,4-7H2,1H3,(H,19,22)/b11-10-. The molecule has 1 heterocycles. The molecule has 1 N–H and O–H groups in total. The van der Waals surface area contributed by atoms with Gasteiger partial charge in [-0.1, -0.05) is 23.2 Å². The summed E-state index contributed by atoms with van der Waals surface area (Å²) in [5.41, 5.74) is 0.478. The summed E-state index contributed by atoms with van der Waals surface area (Å²) in [6.45, 7) is 3.38. The number of benzene rings is 1. The topological polar surface area (TPSA) is 59.4 Å². The van der Waals surface area contributed by atoms with E-state index in [1.807, 2.05) is 18.0 Å². The molecule has 2 rings (SSSR count). The van der Waals surface area contributed by atoms with Gasteiger partial charge < -0.3 is 15.1 Å². The van der Waals surface area contributed by atoms with Crippen molar-refractivity contribution >= 4 is 34.8 Å². The van der Waals surface area contributed by atoms with Gasteiger partial charge in [-0.3, -0.25) is 4.79 Å². The molecule has 116 valence electrons. The molecule has 0 radical (unpaired) electrons. The fraction of sp³-hybridized carbons (Fsp3) is 0.333. The Bertz CT molecular complexity index is 631. The third-order valence-electron chi connectivity index (χ3n) is 3.39. The van der Waals surface area contributed by atoms with Crippen LogP contribution in [0.5, 0.6) is 0 Å². The van der Waals surface area contributed by atoms with Crippen LogP contribution in [0.4, 0.5) is 5.69 Å². The summed E-state index contributed by atoms with van der Waals surface area (Å²) < 4.78 is 0. The van der Waals surface area contributed by atoms with Gasteiger partial charge in [-0.15, -0.1) is 0 Å². The van der Waals surface area contributed by atoms with Gasteiger partial charge in [-0.25, -0.2) is 0 Å². The van der Waals surface area contributed by atoms with Crippen molar-refractivity contribution in [1.82, 2.24) is 9.80 Å². The maximum atomic E-state index is 12.2. The van der Waals surface area contributed by atoms with Gasteiger partial charge in [0.2, 0.25) is 0 Å². The Morgan fingerprint density at radius 2 is 2.00 bits per heavy atom. The van der Waals surface area contributed by atoms with Gasteiger partial charge in [-0.2, -0.15) is 5.26 Å². The van der Waals surface area contributed by atoms with Gasteiger partial charge in [0, 0.05) is 37.4 Å². The van der Waals surface area contributed by atoms with Gasteiger partial charge >= 0.3 is 0 Å². The highest BCUT2D eigenvalue weighted by Gasteiger charge is 2.16. The smallest absolute Gasteiger partial charge is 0.267 e. The highest BCUT2D eigenvalue weighted by atomic mass is 35.5. The number of amides is 1. The highest BCUT2D eigenvalue weighted by Crippen LogP contribution is 2.25. The number of carbonyl (C=O) groups is 1. The lowest BCUT2D eigenvalue weighted by Crippen LogP contribution is -2.42. The van der Waals surface area contributed by atoms with Crippen molar-refractivity contribution in [2.24, 2.45) is 0 Å². The molecule has 7 heteroatoms. The number of nitrogens with one attached hydrogen (secondary N) is 1. The number of anilines is 1. The van der Waals surface area contributed by atoms with E-state index in [0.29, 0.717) is 15.7 Å². The number of nitriles is 1. The normalized spacial score (nSPS) is 16.3. The van der Waals surface area contributed by atoms with E-state index < -0.39 is 5.91 Å². The molecule has 1 aromatic rings. The number of rotatable bonds is 3. The third kappa shape index (κ3) is 4.38. The molecule has 0 aromatic heterocycles. The van der Waals surface area contributed by atoms with Crippen LogP contribution >= 0.6 is 23.2 Å². The van der Waals surface area contributed by atoms with Crippen molar-refractivity contribution in [3.05, 3.63) is 40.0 Å². The summed E-state index contributed by atoms with van der Waals surface area (Å²) in [5.74, 6) is -0.481. The predicted octanol–water partition coefficient (Wildman–Crippen LogP) is 2.59. The SMILES string of the molecule is CN1CCN(/C=C(/C#N)C(=O)Nc2ccc(Cl)cc2Cl)CC1. The lowest BCUT2D eigenvalue weighted by Gasteiger charge is -2.31. The molecule has 1 amide bonds. The molecule has 0 atom stereocenters. The summed E-state index contributed by atoms with van der Waals surface area (Å²) >= 11 is 11.8. The molecule has 22 heavy (non-hydrogen) atoms. The van der Waals surface area contributed by atoms with E-state index in [4.69, 9.17) is 23.2 Å². The first kappa shape index (κ1) is 16.6. The Kier molecular flexibility index (Phi) is 5.67. The van der Waals surface area contributed by atoms with Crippen LogP contribution in [0, 0.1) is 11.3 Å². The summed E-state index contributed by atoms with van der Waals surface area (Å²) in [5, 5.41) is 12.6. The Morgan fingerprint density at radius 3 is 2.59 bits per heavy atom. The largest absolute Gasteiger partial charge is 0.374 e. The summed E-state index contributed by atoms with van der Waals surface area (Å²) in [6.07, 6.45) is 1.60. The van der Waals surface area contributed by atoms with Gasteiger partial charge in [0.15, 0.2) is 0 Å². The van der Waals surface area contributed by atoms with Crippen molar-refractivity contribution in [1.29, 1.82) is 5.26 Å². The van der Waals surface area contributed by atoms with Crippen LogP contribution in [0.2, 0.25) is 10.0 Å². The molecule has 0 aliphatic carbocycles. The zero-order valence-electron chi connectivity index (χ0n) is 12.1.